The molecule has 138 valence electrons. The number of aryl methyl sites for hydroxylation is 1. The zero-order valence-corrected chi connectivity index (χ0v) is 16.1. The van der Waals surface area contributed by atoms with E-state index in [4.69, 9.17) is 15.2 Å². The van der Waals surface area contributed by atoms with Gasteiger partial charge < -0.3 is 20.5 Å². The Balaban J connectivity index is 0.00000225. The number of thiophene rings is 1. The van der Waals surface area contributed by atoms with Gasteiger partial charge in [0.15, 0.2) is 5.82 Å². The minimum atomic E-state index is -0.123. The van der Waals surface area contributed by atoms with Gasteiger partial charge in [-0.25, -0.2) is 4.98 Å². The fourth-order valence-corrected chi connectivity index (χ4v) is 3.79. The van der Waals surface area contributed by atoms with E-state index in [0.717, 1.165) is 28.6 Å². The third kappa shape index (κ3) is 4.20. The molecule has 0 aliphatic heterocycles. The quantitative estimate of drug-likeness (QED) is 0.755. The Labute approximate surface area is 156 Å². The van der Waals surface area contributed by atoms with E-state index in [1.165, 1.54) is 11.3 Å². The van der Waals surface area contributed by atoms with Crippen molar-refractivity contribution in [1.29, 1.82) is 0 Å². The van der Waals surface area contributed by atoms with E-state index in [1.807, 2.05) is 6.92 Å². The summed E-state index contributed by atoms with van der Waals surface area (Å²) < 4.78 is 10.5. The summed E-state index contributed by atoms with van der Waals surface area (Å²) in [5.74, 6) is 1.43. The number of aromatic nitrogens is 2. The molecule has 0 spiro atoms. The largest absolute Gasteiger partial charge is 0.480 e. The lowest BCUT2D eigenvalue weighted by Gasteiger charge is -2.11. The average molecular weight is 387 g/mol. The molecule has 0 radical (unpaired) electrons. The summed E-state index contributed by atoms with van der Waals surface area (Å²) in [7, 11) is 3.14. The van der Waals surface area contributed by atoms with E-state index in [0.29, 0.717) is 35.7 Å². The summed E-state index contributed by atoms with van der Waals surface area (Å²) in [6.45, 7) is 2.67. The monoisotopic (exact) mass is 386 g/mol. The van der Waals surface area contributed by atoms with Crippen molar-refractivity contribution in [2.75, 3.05) is 20.8 Å². The van der Waals surface area contributed by atoms with E-state index < -0.39 is 0 Å². The lowest BCUT2D eigenvalue weighted by Crippen LogP contribution is -2.38. The zero-order chi connectivity index (χ0) is 17.3. The minimum absolute atomic E-state index is 0. The fraction of sp³-hybridized carbons (Fsp3) is 0.562. The van der Waals surface area contributed by atoms with Gasteiger partial charge in [0.2, 0.25) is 5.88 Å². The third-order valence-corrected chi connectivity index (χ3v) is 5.39. The van der Waals surface area contributed by atoms with Crippen molar-refractivity contribution < 1.29 is 14.3 Å². The molecular formula is C16H23ClN4O3S. The SMILES string of the molecule is COCc1nc(OC)c2c(C)c(C(=O)NCC(N)C3CC3)sc2n1.Cl. The number of hydrogen-bond donors (Lipinski definition) is 2. The Morgan fingerprint density at radius 2 is 2.12 bits per heavy atom. The van der Waals surface area contributed by atoms with Gasteiger partial charge in [-0.15, -0.1) is 23.7 Å². The van der Waals surface area contributed by atoms with E-state index in [-0.39, 0.29) is 24.4 Å². The highest BCUT2D eigenvalue weighted by atomic mass is 35.5. The van der Waals surface area contributed by atoms with Crippen molar-refractivity contribution in [3.05, 3.63) is 16.3 Å². The maximum atomic E-state index is 12.5. The third-order valence-electron chi connectivity index (χ3n) is 4.20. The summed E-state index contributed by atoms with van der Waals surface area (Å²) in [5.41, 5.74) is 6.88. The van der Waals surface area contributed by atoms with Crippen LogP contribution in [-0.2, 0) is 11.3 Å². The Kier molecular flexibility index (Phi) is 6.56. The Bertz CT molecular complexity index is 763. The number of ether oxygens (including phenoxy) is 2. The number of nitrogens with one attached hydrogen (secondary N) is 1. The Morgan fingerprint density at radius 3 is 2.72 bits per heavy atom. The van der Waals surface area contributed by atoms with Gasteiger partial charge >= 0.3 is 0 Å². The van der Waals surface area contributed by atoms with Crippen LogP contribution >= 0.6 is 23.7 Å². The molecule has 0 aromatic carbocycles. The molecule has 7 nitrogen and oxygen atoms in total. The summed E-state index contributed by atoms with van der Waals surface area (Å²) in [6, 6.07) is 0.0336. The van der Waals surface area contributed by atoms with Gasteiger partial charge in [0.25, 0.3) is 5.91 Å². The van der Waals surface area contributed by atoms with E-state index in [9.17, 15) is 4.79 Å². The highest BCUT2D eigenvalue weighted by Crippen LogP contribution is 2.35. The predicted molar refractivity (Wildman–Crippen MR) is 99.7 cm³/mol. The fourth-order valence-electron chi connectivity index (χ4n) is 2.68. The van der Waals surface area contributed by atoms with Crippen LogP contribution < -0.4 is 15.8 Å². The molecule has 25 heavy (non-hydrogen) atoms. The average Bonchev–Trinajstić information content (AvgIpc) is 3.36. The molecule has 3 N–H and O–H groups in total. The van der Waals surface area contributed by atoms with Crippen LogP contribution in [0, 0.1) is 12.8 Å². The van der Waals surface area contributed by atoms with Crippen LogP contribution in [0.3, 0.4) is 0 Å². The number of carbonyl (C=O) groups is 1. The first kappa shape index (κ1) is 19.8. The van der Waals surface area contributed by atoms with Crippen LogP contribution in [0.5, 0.6) is 5.88 Å². The molecule has 2 aromatic heterocycles. The van der Waals surface area contributed by atoms with Crippen LogP contribution in [0.4, 0.5) is 0 Å². The molecular weight excluding hydrogens is 364 g/mol. The second-order valence-corrected chi connectivity index (χ2v) is 7.03. The minimum Gasteiger partial charge on any atom is -0.480 e. The zero-order valence-electron chi connectivity index (χ0n) is 14.5. The van der Waals surface area contributed by atoms with Crippen LogP contribution in [-0.4, -0.2) is 42.7 Å². The molecule has 2 aromatic rings. The number of methoxy groups -OCH3 is 2. The van der Waals surface area contributed by atoms with Crippen molar-refractivity contribution in [2.45, 2.75) is 32.4 Å². The van der Waals surface area contributed by atoms with Gasteiger partial charge in [0.05, 0.1) is 17.4 Å². The first-order valence-electron chi connectivity index (χ1n) is 7.91. The van der Waals surface area contributed by atoms with Crippen molar-refractivity contribution in [3.63, 3.8) is 0 Å². The number of nitrogens with zero attached hydrogens (tertiary/aromatic N) is 2. The molecule has 0 saturated heterocycles. The number of nitrogens with two attached hydrogens (primary N) is 1. The first-order chi connectivity index (χ1) is 11.5. The van der Waals surface area contributed by atoms with Crippen molar-refractivity contribution in [3.8, 4) is 5.88 Å². The molecule has 2 heterocycles. The number of amides is 1. The van der Waals surface area contributed by atoms with E-state index >= 15 is 0 Å². The van der Waals surface area contributed by atoms with Crippen molar-refractivity contribution in [2.24, 2.45) is 11.7 Å². The second kappa shape index (κ2) is 8.27. The highest BCUT2D eigenvalue weighted by molar-refractivity contribution is 7.20. The summed E-state index contributed by atoms with van der Waals surface area (Å²) in [5, 5.41) is 3.71. The molecule has 1 atom stereocenters. The number of rotatable bonds is 7. The van der Waals surface area contributed by atoms with E-state index in [1.54, 1.807) is 14.2 Å². The molecule has 9 heteroatoms. The van der Waals surface area contributed by atoms with Gasteiger partial charge in [-0.3, -0.25) is 4.79 Å². The molecule has 1 amide bonds. The molecule has 1 saturated carbocycles. The van der Waals surface area contributed by atoms with Gasteiger partial charge in [-0.2, -0.15) is 4.98 Å². The standard InChI is InChI=1S/C16H22N4O3S.ClH/c1-8-12-15(23-3)19-11(7-22-2)20-16(12)24-13(8)14(21)18-6-10(17)9-4-5-9;/h9-10H,4-7,17H2,1-3H3,(H,18,21);1H. The van der Waals surface area contributed by atoms with Gasteiger partial charge in [0, 0.05) is 19.7 Å². The maximum Gasteiger partial charge on any atom is 0.261 e. The van der Waals surface area contributed by atoms with Gasteiger partial charge in [-0.05, 0) is 31.2 Å². The number of carbonyl (C=O) groups excluding carboxylic acids is 1. The number of halogens is 1. The lowest BCUT2D eigenvalue weighted by molar-refractivity contribution is 0.0954. The molecule has 1 unspecified atom stereocenters. The Hall–Kier alpha value is -1.48. The number of fused-ring (bicyclic) bond motifs is 1. The Morgan fingerprint density at radius 1 is 1.40 bits per heavy atom. The first-order valence-corrected chi connectivity index (χ1v) is 8.73. The number of hydrogen-bond acceptors (Lipinski definition) is 7. The smallest absolute Gasteiger partial charge is 0.261 e. The van der Waals surface area contributed by atoms with Gasteiger partial charge in [-0.1, -0.05) is 0 Å². The van der Waals surface area contributed by atoms with Crippen molar-refractivity contribution in [1.82, 2.24) is 15.3 Å². The maximum absolute atomic E-state index is 12.5. The molecule has 1 aliphatic rings. The summed E-state index contributed by atoms with van der Waals surface area (Å²) in [4.78, 5) is 22.7. The lowest BCUT2D eigenvalue weighted by atomic mass is 10.2. The van der Waals surface area contributed by atoms with E-state index in [2.05, 4.69) is 15.3 Å². The van der Waals surface area contributed by atoms with Crippen LogP contribution in [0.25, 0.3) is 10.2 Å². The summed E-state index contributed by atoms with van der Waals surface area (Å²) >= 11 is 1.34. The highest BCUT2D eigenvalue weighted by Gasteiger charge is 2.29. The normalized spacial score (nSPS) is 14.9. The topological polar surface area (TPSA) is 99.4 Å². The molecule has 3 rings (SSSR count). The van der Waals surface area contributed by atoms with Crippen LogP contribution in [0.15, 0.2) is 0 Å². The predicted octanol–water partition coefficient (Wildman–Crippen LogP) is 2.04. The molecule has 0 bridgehead atoms. The van der Waals surface area contributed by atoms with Crippen LogP contribution in [0.2, 0.25) is 0 Å². The molecule has 1 aliphatic carbocycles. The van der Waals surface area contributed by atoms with Gasteiger partial charge in [0.1, 0.15) is 11.4 Å². The molecule has 1 fully saturated rings. The van der Waals surface area contributed by atoms with Crippen molar-refractivity contribution >= 4 is 39.9 Å². The van der Waals surface area contributed by atoms with Crippen LogP contribution in [0.1, 0.15) is 33.9 Å². The second-order valence-electron chi connectivity index (χ2n) is 6.03. The summed E-state index contributed by atoms with van der Waals surface area (Å²) in [6.07, 6.45) is 2.32.